The van der Waals surface area contributed by atoms with Crippen LogP contribution in [-0.4, -0.2) is 67.8 Å². The van der Waals surface area contributed by atoms with Crippen LogP contribution in [-0.2, 0) is 9.53 Å². The number of para-hydroxylation sites is 1. The lowest BCUT2D eigenvalue weighted by atomic mass is 10.1. The second-order valence-corrected chi connectivity index (χ2v) is 9.42. The molecule has 0 aromatic heterocycles. The predicted octanol–water partition coefficient (Wildman–Crippen LogP) is 2.74. The number of aryl methyl sites for hydroxylation is 2. The molecule has 0 aliphatic heterocycles. The average Bonchev–Trinajstić information content (AvgIpc) is 2.68. The number of nitrogens with zero attached hydrogens (tertiary/aromatic N) is 2. The Morgan fingerprint density at radius 3 is 2.30 bits per heavy atom. The van der Waals surface area contributed by atoms with Crippen molar-refractivity contribution >= 4 is 18.0 Å². The summed E-state index contributed by atoms with van der Waals surface area (Å²) in [6, 6.07) is 4.92. The SMILES string of the molecule is Cc1cccc(C)c1OCC(C)NC(=O)C(CCCN=C(N)N(C)C)NC(=O)OC(C)(C)C. The third-order valence-electron chi connectivity index (χ3n) is 4.67. The number of rotatable bonds is 10. The molecule has 1 rings (SSSR count). The summed E-state index contributed by atoms with van der Waals surface area (Å²) in [6.07, 6.45) is 0.313. The zero-order valence-corrected chi connectivity index (χ0v) is 21.3. The minimum Gasteiger partial charge on any atom is -0.491 e. The van der Waals surface area contributed by atoms with Gasteiger partial charge in [0.25, 0.3) is 0 Å². The van der Waals surface area contributed by atoms with Crippen molar-refractivity contribution in [2.75, 3.05) is 27.2 Å². The maximum Gasteiger partial charge on any atom is 0.408 e. The number of ether oxygens (including phenoxy) is 2. The smallest absolute Gasteiger partial charge is 0.408 e. The topological polar surface area (TPSA) is 118 Å². The van der Waals surface area contributed by atoms with Crippen molar-refractivity contribution in [1.29, 1.82) is 0 Å². The molecule has 9 heteroatoms. The van der Waals surface area contributed by atoms with Crippen LogP contribution >= 0.6 is 0 Å². The fraction of sp³-hybridized carbons (Fsp3) is 0.625. The molecular weight excluding hydrogens is 422 g/mol. The van der Waals surface area contributed by atoms with E-state index in [4.69, 9.17) is 15.2 Å². The van der Waals surface area contributed by atoms with Crippen LogP contribution in [0.5, 0.6) is 5.75 Å². The molecule has 0 bridgehead atoms. The third kappa shape index (κ3) is 10.9. The molecule has 0 spiro atoms. The van der Waals surface area contributed by atoms with Gasteiger partial charge < -0.3 is 30.7 Å². The van der Waals surface area contributed by atoms with Crippen molar-refractivity contribution in [3.05, 3.63) is 29.3 Å². The molecule has 1 aromatic rings. The fourth-order valence-electron chi connectivity index (χ4n) is 2.97. The molecule has 0 aliphatic rings. The third-order valence-corrected chi connectivity index (χ3v) is 4.67. The number of amides is 2. The van der Waals surface area contributed by atoms with Gasteiger partial charge >= 0.3 is 6.09 Å². The molecule has 186 valence electrons. The van der Waals surface area contributed by atoms with Gasteiger partial charge in [-0.2, -0.15) is 0 Å². The highest BCUT2D eigenvalue weighted by molar-refractivity contribution is 5.85. The van der Waals surface area contributed by atoms with Gasteiger partial charge in [-0.05, 0) is 65.5 Å². The summed E-state index contributed by atoms with van der Waals surface area (Å²) in [5.41, 5.74) is 7.22. The van der Waals surface area contributed by atoms with Crippen LogP contribution in [0.2, 0.25) is 0 Å². The first-order chi connectivity index (χ1) is 15.3. The molecule has 0 fully saturated rings. The van der Waals surface area contributed by atoms with E-state index in [9.17, 15) is 9.59 Å². The van der Waals surface area contributed by atoms with Crippen LogP contribution in [0.3, 0.4) is 0 Å². The van der Waals surface area contributed by atoms with E-state index in [1.165, 1.54) is 0 Å². The summed E-state index contributed by atoms with van der Waals surface area (Å²) in [5.74, 6) is 0.926. The van der Waals surface area contributed by atoms with Gasteiger partial charge in [0, 0.05) is 20.6 Å². The van der Waals surface area contributed by atoms with Crippen molar-refractivity contribution in [2.24, 2.45) is 10.7 Å². The molecule has 0 radical (unpaired) electrons. The number of hydrogen-bond acceptors (Lipinski definition) is 5. The summed E-state index contributed by atoms with van der Waals surface area (Å²) in [5, 5.41) is 5.60. The average molecular weight is 464 g/mol. The van der Waals surface area contributed by atoms with Crippen molar-refractivity contribution in [2.45, 2.75) is 72.1 Å². The first-order valence-electron chi connectivity index (χ1n) is 11.3. The van der Waals surface area contributed by atoms with Crippen LogP contribution in [0.25, 0.3) is 0 Å². The van der Waals surface area contributed by atoms with Gasteiger partial charge in [-0.25, -0.2) is 4.79 Å². The molecule has 0 aliphatic carbocycles. The Morgan fingerprint density at radius 1 is 1.15 bits per heavy atom. The second-order valence-electron chi connectivity index (χ2n) is 9.42. The van der Waals surface area contributed by atoms with E-state index in [0.29, 0.717) is 32.0 Å². The van der Waals surface area contributed by atoms with E-state index < -0.39 is 17.7 Å². The number of nitrogens with two attached hydrogens (primary N) is 1. The fourth-order valence-corrected chi connectivity index (χ4v) is 2.97. The van der Waals surface area contributed by atoms with E-state index in [-0.39, 0.29) is 11.9 Å². The van der Waals surface area contributed by atoms with Crippen molar-refractivity contribution < 1.29 is 19.1 Å². The van der Waals surface area contributed by atoms with E-state index in [1.807, 2.05) is 39.0 Å². The Labute approximate surface area is 198 Å². The minimum atomic E-state index is -0.765. The minimum absolute atomic E-state index is 0.262. The Kier molecular flexibility index (Phi) is 11.0. The number of guanidine groups is 1. The van der Waals surface area contributed by atoms with E-state index in [0.717, 1.165) is 16.9 Å². The number of carbonyl (C=O) groups excluding carboxylic acids is 2. The van der Waals surface area contributed by atoms with Crippen LogP contribution in [0, 0.1) is 13.8 Å². The normalized spacial score (nSPS) is 13.6. The number of nitrogens with one attached hydrogen (secondary N) is 2. The predicted molar refractivity (Wildman–Crippen MR) is 132 cm³/mol. The highest BCUT2D eigenvalue weighted by atomic mass is 16.6. The maximum atomic E-state index is 12.9. The highest BCUT2D eigenvalue weighted by Gasteiger charge is 2.25. The van der Waals surface area contributed by atoms with Gasteiger partial charge in [0.1, 0.15) is 24.0 Å². The van der Waals surface area contributed by atoms with Gasteiger partial charge in [0.15, 0.2) is 5.96 Å². The van der Waals surface area contributed by atoms with Crippen LogP contribution < -0.4 is 21.1 Å². The van der Waals surface area contributed by atoms with E-state index in [1.54, 1.807) is 39.8 Å². The van der Waals surface area contributed by atoms with Crippen molar-refractivity contribution in [1.82, 2.24) is 15.5 Å². The maximum absolute atomic E-state index is 12.9. The number of benzene rings is 1. The lowest BCUT2D eigenvalue weighted by Gasteiger charge is -2.24. The van der Waals surface area contributed by atoms with E-state index in [2.05, 4.69) is 15.6 Å². The molecule has 2 amide bonds. The molecule has 4 N–H and O–H groups in total. The standard InChI is InChI=1S/C24H41N5O4/c1-16-11-9-12-17(2)20(16)32-15-18(3)27-21(30)19(28-23(31)33-24(4,5)6)13-10-14-26-22(25)29(7)8/h9,11-12,18-19H,10,13-15H2,1-8H3,(H2,25,26)(H,27,30)(H,28,31). The Bertz CT molecular complexity index is 797. The molecule has 0 saturated carbocycles. The quantitative estimate of drug-likeness (QED) is 0.279. The number of aliphatic imine (C=N–C) groups is 1. The largest absolute Gasteiger partial charge is 0.491 e. The molecule has 1 aromatic carbocycles. The van der Waals surface area contributed by atoms with Crippen molar-refractivity contribution in [3.8, 4) is 5.75 Å². The molecule has 33 heavy (non-hydrogen) atoms. The highest BCUT2D eigenvalue weighted by Crippen LogP contribution is 2.22. The summed E-state index contributed by atoms with van der Waals surface area (Å²) in [7, 11) is 3.61. The molecular formula is C24H41N5O4. The van der Waals surface area contributed by atoms with Gasteiger partial charge in [0.2, 0.25) is 5.91 Å². The molecule has 2 atom stereocenters. The Balaban J connectivity index is 2.73. The number of hydrogen-bond donors (Lipinski definition) is 3. The van der Waals surface area contributed by atoms with E-state index >= 15 is 0 Å². The van der Waals surface area contributed by atoms with Gasteiger partial charge in [-0.3, -0.25) is 9.79 Å². The lowest BCUT2D eigenvalue weighted by Crippen LogP contribution is -2.51. The van der Waals surface area contributed by atoms with Crippen LogP contribution in [0.15, 0.2) is 23.2 Å². The summed E-state index contributed by atoms with van der Waals surface area (Å²) in [6.45, 7) is 11.9. The van der Waals surface area contributed by atoms with Crippen LogP contribution in [0.4, 0.5) is 4.79 Å². The summed E-state index contributed by atoms with van der Waals surface area (Å²) in [4.78, 5) is 31.2. The summed E-state index contributed by atoms with van der Waals surface area (Å²) < 4.78 is 11.3. The Hall–Kier alpha value is -2.97. The number of alkyl carbamates (subject to hydrolysis) is 1. The van der Waals surface area contributed by atoms with Crippen molar-refractivity contribution in [3.63, 3.8) is 0 Å². The molecule has 0 saturated heterocycles. The van der Waals surface area contributed by atoms with Crippen LogP contribution in [0.1, 0.15) is 51.7 Å². The second kappa shape index (κ2) is 12.9. The summed E-state index contributed by atoms with van der Waals surface area (Å²) >= 11 is 0. The monoisotopic (exact) mass is 463 g/mol. The van der Waals surface area contributed by atoms with Gasteiger partial charge in [-0.15, -0.1) is 0 Å². The zero-order chi connectivity index (χ0) is 25.2. The Morgan fingerprint density at radius 2 is 1.76 bits per heavy atom. The molecule has 2 unspecified atom stereocenters. The lowest BCUT2D eigenvalue weighted by molar-refractivity contribution is -0.124. The zero-order valence-electron chi connectivity index (χ0n) is 21.3. The van der Waals surface area contributed by atoms with Gasteiger partial charge in [-0.1, -0.05) is 18.2 Å². The molecule has 9 nitrogen and oxygen atoms in total. The first-order valence-corrected chi connectivity index (χ1v) is 11.3. The first kappa shape index (κ1) is 28.1. The number of carbonyl (C=O) groups is 2. The molecule has 0 heterocycles. The van der Waals surface area contributed by atoms with Gasteiger partial charge in [0.05, 0.1) is 6.04 Å².